The number of hydrogen-bond acceptors (Lipinski definition) is 1. The highest BCUT2D eigenvalue weighted by Gasteiger charge is 2.05. The summed E-state index contributed by atoms with van der Waals surface area (Å²) in [7, 11) is 0. The number of carbonyl (C=O) groups is 1. The third-order valence-electron chi connectivity index (χ3n) is 1.33. The normalized spacial score (nSPS) is 11.8. The highest BCUT2D eigenvalue weighted by atomic mass is 16.1. The first kappa shape index (κ1) is 9.15. The summed E-state index contributed by atoms with van der Waals surface area (Å²) < 4.78 is 0. The van der Waals surface area contributed by atoms with Crippen LogP contribution in [0.3, 0.4) is 0 Å². The van der Waals surface area contributed by atoms with E-state index in [1.165, 1.54) is 0 Å². The number of Topliss-reactive ketones (excluding diaryl/α,β-unsaturated/α-hetero) is 1. The monoisotopic (exact) mass is 138 g/mol. The van der Waals surface area contributed by atoms with Gasteiger partial charge in [-0.3, -0.25) is 4.79 Å². The molecule has 0 rings (SSSR count). The second-order valence-electron chi connectivity index (χ2n) is 2.57. The molecule has 0 amide bonds. The minimum Gasteiger partial charge on any atom is -0.295 e. The zero-order valence-electron chi connectivity index (χ0n) is 6.85. The van der Waals surface area contributed by atoms with E-state index >= 15 is 0 Å². The maximum atomic E-state index is 10.9. The van der Waals surface area contributed by atoms with Gasteiger partial charge in [0.25, 0.3) is 0 Å². The topological polar surface area (TPSA) is 17.1 Å². The summed E-state index contributed by atoms with van der Waals surface area (Å²) >= 11 is 0. The average molecular weight is 138 g/mol. The van der Waals surface area contributed by atoms with Crippen molar-refractivity contribution in [3.8, 4) is 0 Å². The fourth-order valence-corrected chi connectivity index (χ4v) is 0.843. The van der Waals surface area contributed by atoms with E-state index in [0.29, 0.717) is 5.92 Å². The molecule has 0 unspecified atom stereocenters. The Labute approximate surface area is 62.4 Å². The van der Waals surface area contributed by atoms with Crippen LogP contribution in [0.25, 0.3) is 0 Å². The third-order valence-corrected chi connectivity index (χ3v) is 1.33. The van der Waals surface area contributed by atoms with E-state index < -0.39 is 0 Å². The molecule has 0 aliphatic carbocycles. The molecule has 0 aromatic carbocycles. The first-order valence-electron chi connectivity index (χ1n) is 3.43. The van der Waals surface area contributed by atoms with E-state index in [-0.39, 0.29) is 5.78 Å². The van der Waals surface area contributed by atoms with E-state index in [4.69, 9.17) is 0 Å². The molecule has 0 spiro atoms. The number of rotatable bonds is 3. The number of carbonyl (C=O) groups excluding carboxylic acids is 1. The van der Waals surface area contributed by atoms with E-state index in [1.807, 2.05) is 13.8 Å². The van der Waals surface area contributed by atoms with Crippen LogP contribution in [0.15, 0.2) is 24.3 Å². The molecule has 0 heterocycles. The summed E-state index contributed by atoms with van der Waals surface area (Å²) in [6.07, 6.45) is 3.42. The Morgan fingerprint density at radius 3 is 2.10 bits per heavy atom. The van der Waals surface area contributed by atoms with Gasteiger partial charge in [0.1, 0.15) is 0 Å². The average Bonchev–Trinajstić information content (AvgIpc) is 1.81. The highest BCUT2D eigenvalue weighted by molar-refractivity contribution is 5.93. The first-order chi connectivity index (χ1) is 4.59. The molecule has 0 saturated heterocycles. The van der Waals surface area contributed by atoms with Gasteiger partial charge in [-0.25, -0.2) is 0 Å². The van der Waals surface area contributed by atoms with Crippen LogP contribution < -0.4 is 0 Å². The SMILES string of the molecule is C=C/C=C(\C(C)=O)C(C)C. The Bertz CT molecular complexity index is 164. The number of ketones is 1. The van der Waals surface area contributed by atoms with Crippen LogP contribution in [0.1, 0.15) is 20.8 Å². The lowest BCUT2D eigenvalue weighted by Crippen LogP contribution is -2.03. The summed E-state index contributed by atoms with van der Waals surface area (Å²) in [6, 6.07) is 0. The maximum Gasteiger partial charge on any atom is 0.156 e. The van der Waals surface area contributed by atoms with Crippen molar-refractivity contribution >= 4 is 5.78 Å². The Balaban J connectivity index is 4.41. The van der Waals surface area contributed by atoms with Crippen molar-refractivity contribution in [3.05, 3.63) is 24.3 Å². The van der Waals surface area contributed by atoms with Crippen molar-refractivity contribution < 1.29 is 4.79 Å². The minimum atomic E-state index is 0.134. The quantitative estimate of drug-likeness (QED) is 0.432. The Kier molecular flexibility index (Phi) is 3.70. The van der Waals surface area contributed by atoms with Crippen LogP contribution in [0.5, 0.6) is 0 Å². The molecule has 0 atom stereocenters. The zero-order chi connectivity index (χ0) is 8.15. The van der Waals surface area contributed by atoms with Crippen molar-refractivity contribution in [2.75, 3.05) is 0 Å². The standard InChI is InChI=1S/C9H14O/c1-5-6-9(7(2)3)8(4)10/h5-7H,1H2,2-4H3/b9-6-. The molecule has 0 bridgehead atoms. The van der Waals surface area contributed by atoms with Crippen molar-refractivity contribution in [1.82, 2.24) is 0 Å². The lowest BCUT2D eigenvalue weighted by atomic mass is 10.00. The lowest BCUT2D eigenvalue weighted by molar-refractivity contribution is -0.114. The van der Waals surface area contributed by atoms with Gasteiger partial charge in [0.2, 0.25) is 0 Å². The Morgan fingerprint density at radius 2 is 2.00 bits per heavy atom. The predicted molar refractivity (Wildman–Crippen MR) is 43.8 cm³/mol. The van der Waals surface area contributed by atoms with Crippen LogP contribution in [0.2, 0.25) is 0 Å². The van der Waals surface area contributed by atoms with E-state index in [9.17, 15) is 4.79 Å². The van der Waals surface area contributed by atoms with Crippen LogP contribution in [0, 0.1) is 5.92 Å². The molecule has 10 heavy (non-hydrogen) atoms. The van der Waals surface area contributed by atoms with Gasteiger partial charge in [0, 0.05) is 0 Å². The van der Waals surface area contributed by atoms with Crippen LogP contribution in [-0.4, -0.2) is 5.78 Å². The molecule has 0 aliphatic heterocycles. The van der Waals surface area contributed by atoms with Gasteiger partial charge in [-0.1, -0.05) is 32.6 Å². The largest absolute Gasteiger partial charge is 0.295 e. The molecule has 1 nitrogen and oxygen atoms in total. The molecule has 0 radical (unpaired) electrons. The fourth-order valence-electron chi connectivity index (χ4n) is 0.843. The van der Waals surface area contributed by atoms with Crippen molar-refractivity contribution in [3.63, 3.8) is 0 Å². The Morgan fingerprint density at radius 1 is 1.50 bits per heavy atom. The van der Waals surface area contributed by atoms with Gasteiger partial charge in [-0.15, -0.1) is 0 Å². The van der Waals surface area contributed by atoms with E-state index in [1.54, 1.807) is 19.1 Å². The van der Waals surface area contributed by atoms with E-state index in [2.05, 4.69) is 6.58 Å². The maximum absolute atomic E-state index is 10.9. The summed E-state index contributed by atoms with van der Waals surface area (Å²) in [5.41, 5.74) is 0.843. The zero-order valence-corrected chi connectivity index (χ0v) is 6.85. The molecule has 0 N–H and O–H groups in total. The molecular formula is C9H14O. The Hall–Kier alpha value is -0.850. The number of hydrogen-bond donors (Lipinski definition) is 0. The van der Waals surface area contributed by atoms with Crippen LogP contribution in [-0.2, 0) is 4.79 Å². The molecule has 0 saturated carbocycles. The van der Waals surface area contributed by atoms with Gasteiger partial charge in [-0.2, -0.15) is 0 Å². The second kappa shape index (κ2) is 4.04. The predicted octanol–water partition coefficient (Wildman–Crippen LogP) is 2.34. The van der Waals surface area contributed by atoms with Gasteiger partial charge in [0.15, 0.2) is 5.78 Å². The van der Waals surface area contributed by atoms with Crippen molar-refractivity contribution in [2.24, 2.45) is 5.92 Å². The van der Waals surface area contributed by atoms with Crippen molar-refractivity contribution in [2.45, 2.75) is 20.8 Å². The second-order valence-corrected chi connectivity index (χ2v) is 2.57. The van der Waals surface area contributed by atoms with Crippen LogP contribution >= 0.6 is 0 Å². The minimum absolute atomic E-state index is 0.134. The summed E-state index contributed by atoms with van der Waals surface area (Å²) in [4.78, 5) is 10.9. The van der Waals surface area contributed by atoms with Crippen LogP contribution in [0.4, 0.5) is 0 Å². The molecule has 0 aromatic heterocycles. The summed E-state index contributed by atoms with van der Waals surface area (Å²) in [6.45, 7) is 9.11. The van der Waals surface area contributed by atoms with E-state index in [0.717, 1.165) is 5.57 Å². The van der Waals surface area contributed by atoms with Gasteiger partial charge >= 0.3 is 0 Å². The summed E-state index contributed by atoms with van der Waals surface area (Å²) in [5.74, 6) is 0.436. The molecule has 0 aliphatic rings. The first-order valence-corrected chi connectivity index (χ1v) is 3.43. The molecular weight excluding hydrogens is 124 g/mol. The van der Waals surface area contributed by atoms with Gasteiger partial charge in [-0.05, 0) is 18.4 Å². The number of allylic oxidation sites excluding steroid dienone is 3. The molecule has 0 aromatic rings. The molecule has 0 fully saturated rings. The molecule has 1 heteroatoms. The lowest BCUT2D eigenvalue weighted by Gasteiger charge is -2.04. The van der Waals surface area contributed by atoms with Crippen molar-refractivity contribution in [1.29, 1.82) is 0 Å². The van der Waals surface area contributed by atoms with Gasteiger partial charge in [0.05, 0.1) is 0 Å². The highest BCUT2D eigenvalue weighted by Crippen LogP contribution is 2.09. The van der Waals surface area contributed by atoms with Gasteiger partial charge < -0.3 is 0 Å². The summed E-state index contributed by atoms with van der Waals surface area (Å²) in [5, 5.41) is 0. The smallest absolute Gasteiger partial charge is 0.156 e. The fraction of sp³-hybridized carbons (Fsp3) is 0.444. The molecule has 56 valence electrons. The third kappa shape index (κ3) is 2.62.